The number of fused-ring (bicyclic) bond motifs is 4. The zero-order chi connectivity index (χ0) is 28.4. The van der Waals surface area contributed by atoms with Gasteiger partial charge in [-0.15, -0.1) is 0 Å². The molecule has 2 heterocycles. The Morgan fingerprint density at radius 2 is 1.55 bits per heavy atom. The third-order valence-corrected chi connectivity index (χ3v) is 8.77. The molecule has 4 aromatic carbocycles. The second kappa shape index (κ2) is 9.10. The summed E-state index contributed by atoms with van der Waals surface area (Å²) < 4.78 is 22.2. The standard InChI is InChI=1S/C34H29B2FN2O/c1-19-11-13-22-20(15-19)7-5-8-23(22)30-21(17-38)12-14-25-24-9-6-10-26(31(24)40-32(25)30)29-16-28(37)27(18-39-29)34(35,36)33(2,3)4/h5-16,18H,35-36H2,1-4H3. The third kappa shape index (κ3) is 3.92. The van der Waals surface area contributed by atoms with Crippen LogP contribution in [0.2, 0.25) is 0 Å². The van der Waals surface area contributed by atoms with Crippen molar-refractivity contribution in [3.05, 3.63) is 102 Å². The van der Waals surface area contributed by atoms with Gasteiger partial charge in [-0.2, -0.15) is 5.26 Å². The minimum Gasteiger partial charge on any atom is -0.455 e. The van der Waals surface area contributed by atoms with Gasteiger partial charge in [0.05, 0.1) is 17.3 Å². The fraction of sp³-hybridized carbons (Fsp3) is 0.176. The van der Waals surface area contributed by atoms with Crippen LogP contribution in [0.4, 0.5) is 4.39 Å². The van der Waals surface area contributed by atoms with Gasteiger partial charge in [-0.3, -0.25) is 4.98 Å². The molecular weight excluding hydrogens is 493 g/mol. The summed E-state index contributed by atoms with van der Waals surface area (Å²) in [7, 11) is 4.10. The Labute approximate surface area is 235 Å². The van der Waals surface area contributed by atoms with Crippen LogP contribution in [0.15, 0.2) is 83.4 Å². The lowest BCUT2D eigenvalue weighted by Gasteiger charge is -2.39. The number of benzene rings is 4. The van der Waals surface area contributed by atoms with Gasteiger partial charge < -0.3 is 4.42 Å². The fourth-order valence-corrected chi connectivity index (χ4v) is 5.49. The van der Waals surface area contributed by atoms with Gasteiger partial charge in [0.15, 0.2) is 0 Å². The van der Waals surface area contributed by atoms with Crippen molar-refractivity contribution in [3.8, 4) is 28.5 Å². The lowest BCUT2D eigenvalue weighted by atomic mass is 9.41. The van der Waals surface area contributed by atoms with E-state index in [1.54, 1.807) is 6.20 Å². The summed E-state index contributed by atoms with van der Waals surface area (Å²) in [4.78, 5) is 4.72. The average molecular weight is 522 g/mol. The van der Waals surface area contributed by atoms with E-state index in [2.05, 4.69) is 73.7 Å². The monoisotopic (exact) mass is 522 g/mol. The molecule has 0 atom stereocenters. The molecule has 0 N–H and O–H groups in total. The number of hydrogen-bond donors (Lipinski definition) is 0. The molecule has 2 aromatic heterocycles. The van der Waals surface area contributed by atoms with E-state index >= 15 is 4.39 Å². The molecular formula is C34H29B2FN2O. The highest BCUT2D eigenvalue weighted by Crippen LogP contribution is 2.43. The Morgan fingerprint density at radius 1 is 0.850 bits per heavy atom. The van der Waals surface area contributed by atoms with Gasteiger partial charge in [-0.05, 0) is 52.4 Å². The lowest BCUT2D eigenvalue weighted by Crippen LogP contribution is -2.42. The number of hydrogen-bond acceptors (Lipinski definition) is 3. The Bertz CT molecular complexity index is 2010. The molecule has 3 nitrogen and oxygen atoms in total. The number of furan rings is 1. The van der Waals surface area contributed by atoms with E-state index in [1.807, 2.05) is 42.5 Å². The molecule has 0 spiro atoms. The van der Waals surface area contributed by atoms with Crippen molar-refractivity contribution in [2.45, 2.75) is 32.9 Å². The normalized spacial score (nSPS) is 12.3. The van der Waals surface area contributed by atoms with Gasteiger partial charge in [-0.25, -0.2) is 4.39 Å². The van der Waals surface area contributed by atoms with Crippen LogP contribution in [-0.4, -0.2) is 20.7 Å². The molecule has 0 unspecified atom stereocenters. The van der Waals surface area contributed by atoms with Crippen LogP contribution in [0.25, 0.3) is 55.1 Å². The highest BCUT2D eigenvalue weighted by atomic mass is 19.1. The lowest BCUT2D eigenvalue weighted by molar-refractivity contribution is 0.349. The second-order valence-corrected chi connectivity index (χ2v) is 12.2. The van der Waals surface area contributed by atoms with Crippen LogP contribution in [0, 0.1) is 29.5 Å². The molecule has 194 valence electrons. The fourth-order valence-electron chi connectivity index (χ4n) is 5.49. The Kier molecular flexibility index (Phi) is 5.89. The average Bonchev–Trinajstić information content (AvgIpc) is 3.30. The van der Waals surface area contributed by atoms with Crippen LogP contribution in [-0.2, 0) is 5.21 Å². The topological polar surface area (TPSA) is 49.8 Å². The third-order valence-electron chi connectivity index (χ3n) is 8.77. The molecule has 6 rings (SSSR count). The SMILES string of the molecule is BC(B)(c1cnc(-c2cccc3c2oc2c(-c4cccc5cc(C)ccc45)c(C#N)ccc23)cc1F)C(C)(C)C. The first-order valence-corrected chi connectivity index (χ1v) is 13.6. The maximum Gasteiger partial charge on any atom is 0.144 e. The maximum atomic E-state index is 15.6. The molecule has 0 aliphatic heterocycles. The zero-order valence-electron chi connectivity index (χ0n) is 23.7. The quantitative estimate of drug-likeness (QED) is 0.230. The van der Waals surface area contributed by atoms with Crippen molar-refractivity contribution < 1.29 is 8.81 Å². The molecule has 0 bridgehead atoms. The van der Waals surface area contributed by atoms with Gasteiger partial charge >= 0.3 is 0 Å². The van der Waals surface area contributed by atoms with E-state index in [4.69, 9.17) is 9.40 Å². The van der Waals surface area contributed by atoms with Crippen LogP contribution in [0.3, 0.4) is 0 Å². The summed E-state index contributed by atoms with van der Waals surface area (Å²) >= 11 is 0. The minimum atomic E-state index is -0.409. The number of rotatable bonds is 3. The number of halogens is 1. The summed E-state index contributed by atoms with van der Waals surface area (Å²) in [5, 5.41) is 13.7. The van der Waals surface area contributed by atoms with Crippen molar-refractivity contribution in [2.24, 2.45) is 5.41 Å². The van der Waals surface area contributed by atoms with Crippen LogP contribution in [0.5, 0.6) is 0 Å². The number of pyridine rings is 1. The Morgan fingerprint density at radius 3 is 2.27 bits per heavy atom. The second-order valence-electron chi connectivity index (χ2n) is 12.2. The number of nitrogens with zero attached hydrogens (tertiary/aromatic N) is 2. The first-order chi connectivity index (χ1) is 19.0. The molecule has 0 aliphatic carbocycles. The number of para-hydroxylation sites is 1. The van der Waals surface area contributed by atoms with Crippen LogP contribution in [0.1, 0.15) is 37.5 Å². The highest BCUT2D eigenvalue weighted by Gasteiger charge is 2.36. The van der Waals surface area contributed by atoms with E-state index in [0.717, 1.165) is 32.7 Å². The first kappa shape index (κ1) is 25.9. The zero-order valence-corrected chi connectivity index (χ0v) is 23.7. The molecule has 6 aromatic rings. The smallest absolute Gasteiger partial charge is 0.144 e. The molecule has 0 radical (unpaired) electrons. The first-order valence-electron chi connectivity index (χ1n) is 13.6. The van der Waals surface area contributed by atoms with Crippen molar-refractivity contribution in [1.29, 1.82) is 5.26 Å². The molecule has 40 heavy (non-hydrogen) atoms. The molecule has 0 fully saturated rings. The van der Waals surface area contributed by atoms with E-state index in [9.17, 15) is 5.26 Å². The summed E-state index contributed by atoms with van der Waals surface area (Å²) in [6.07, 6.45) is 1.66. The van der Waals surface area contributed by atoms with Crippen molar-refractivity contribution in [2.75, 3.05) is 0 Å². The van der Waals surface area contributed by atoms with Gasteiger partial charge in [0.1, 0.15) is 32.7 Å². The molecule has 0 aliphatic rings. The van der Waals surface area contributed by atoms with Gasteiger partial charge in [0, 0.05) is 34.2 Å². The Balaban J connectivity index is 1.60. The predicted octanol–water partition coefficient (Wildman–Crippen LogP) is 7.25. The van der Waals surface area contributed by atoms with Gasteiger partial charge in [-0.1, -0.05) is 80.1 Å². The summed E-state index contributed by atoms with van der Waals surface area (Å²) in [6.45, 7) is 8.40. The van der Waals surface area contributed by atoms with Crippen molar-refractivity contribution >= 4 is 48.4 Å². The summed E-state index contributed by atoms with van der Waals surface area (Å²) in [5.74, 6) is -0.281. The number of aryl methyl sites for hydroxylation is 1. The molecule has 0 amide bonds. The minimum absolute atomic E-state index is 0.148. The van der Waals surface area contributed by atoms with E-state index in [1.165, 1.54) is 11.6 Å². The molecule has 6 heteroatoms. The molecule has 0 saturated heterocycles. The van der Waals surface area contributed by atoms with Crippen LogP contribution < -0.4 is 0 Å². The van der Waals surface area contributed by atoms with Crippen molar-refractivity contribution in [1.82, 2.24) is 4.98 Å². The summed E-state index contributed by atoms with van der Waals surface area (Å²) in [5.41, 5.74) is 6.35. The van der Waals surface area contributed by atoms with E-state index in [0.29, 0.717) is 33.6 Å². The van der Waals surface area contributed by atoms with E-state index < -0.39 is 5.21 Å². The Hall–Kier alpha value is -4.36. The maximum absolute atomic E-state index is 15.6. The molecule has 0 saturated carbocycles. The largest absolute Gasteiger partial charge is 0.455 e. The van der Waals surface area contributed by atoms with E-state index in [-0.39, 0.29) is 11.2 Å². The van der Waals surface area contributed by atoms with Gasteiger partial charge in [0.2, 0.25) is 0 Å². The van der Waals surface area contributed by atoms with Crippen LogP contribution >= 0.6 is 0 Å². The predicted molar refractivity (Wildman–Crippen MR) is 168 cm³/mol. The number of nitriles is 1. The summed E-state index contributed by atoms with van der Waals surface area (Å²) in [6, 6.07) is 26.0. The number of aromatic nitrogens is 1. The van der Waals surface area contributed by atoms with Crippen molar-refractivity contribution in [3.63, 3.8) is 0 Å². The highest BCUT2D eigenvalue weighted by molar-refractivity contribution is 6.40. The van der Waals surface area contributed by atoms with Gasteiger partial charge in [0.25, 0.3) is 0 Å².